The molecule has 3 rings (SSSR count). The predicted octanol–water partition coefficient (Wildman–Crippen LogP) is 4.21. The third kappa shape index (κ3) is 3.06. The third-order valence-corrected chi connectivity index (χ3v) is 3.51. The molecule has 0 spiro atoms. The van der Waals surface area contributed by atoms with Gasteiger partial charge in [-0.1, -0.05) is 30.3 Å². The van der Waals surface area contributed by atoms with Gasteiger partial charge in [0.25, 0.3) is 0 Å². The van der Waals surface area contributed by atoms with Gasteiger partial charge in [0, 0.05) is 5.56 Å². The Kier molecular flexibility index (Phi) is 4.06. The minimum absolute atomic E-state index is 0.290. The van der Waals surface area contributed by atoms with E-state index in [0.29, 0.717) is 17.6 Å². The predicted molar refractivity (Wildman–Crippen MR) is 86.3 cm³/mol. The number of ether oxygens (including phenoxy) is 1. The Morgan fingerprint density at radius 3 is 2.35 bits per heavy atom. The number of esters is 1. The van der Waals surface area contributed by atoms with Crippen LogP contribution < -0.4 is 0 Å². The van der Waals surface area contributed by atoms with Crippen molar-refractivity contribution in [2.45, 2.75) is 0 Å². The van der Waals surface area contributed by atoms with E-state index < -0.39 is 0 Å². The first-order valence-corrected chi connectivity index (χ1v) is 7.05. The molecular weight excluding hydrogens is 292 g/mol. The Labute approximate surface area is 133 Å². The van der Waals surface area contributed by atoms with Gasteiger partial charge in [-0.3, -0.25) is 4.79 Å². The fraction of sp³-hybridized carbons (Fsp3) is 0.0526. The van der Waals surface area contributed by atoms with Crippen LogP contribution in [0.15, 0.2) is 65.1 Å². The molecule has 0 aliphatic rings. The second kappa shape index (κ2) is 6.32. The van der Waals surface area contributed by atoms with Crippen molar-refractivity contribution >= 4 is 12.3 Å². The number of methoxy groups -OCH3 is 1. The van der Waals surface area contributed by atoms with Crippen LogP contribution in [0.1, 0.15) is 20.9 Å². The standard InChI is InChI=1S/C19H14O4/c1-22-19(21)16-7-3-5-14(11-16)13-4-2-6-15(10-13)18-9-8-17(12-20)23-18/h2-12H,1H3. The summed E-state index contributed by atoms with van der Waals surface area (Å²) in [5, 5.41) is 0. The van der Waals surface area contributed by atoms with Gasteiger partial charge in [-0.05, 0) is 41.5 Å². The van der Waals surface area contributed by atoms with E-state index in [1.54, 1.807) is 24.3 Å². The highest BCUT2D eigenvalue weighted by atomic mass is 16.5. The van der Waals surface area contributed by atoms with Crippen LogP contribution in [0.2, 0.25) is 0 Å². The summed E-state index contributed by atoms with van der Waals surface area (Å²) in [5.74, 6) is 0.542. The lowest BCUT2D eigenvalue weighted by Gasteiger charge is -2.06. The zero-order chi connectivity index (χ0) is 16.2. The minimum atomic E-state index is -0.371. The molecule has 0 atom stereocenters. The van der Waals surface area contributed by atoms with Crippen molar-refractivity contribution in [3.05, 3.63) is 72.0 Å². The number of furan rings is 1. The van der Waals surface area contributed by atoms with Crippen molar-refractivity contribution in [1.29, 1.82) is 0 Å². The summed E-state index contributed by atoms with van der Waals surface area (Å²) < 4.78 is 10.2. The number of carbonyl (C=O) groups is 2. The van der Waals surface area contributed by atoms with Crippen LogP contribution >= 0.6 is 0 Å². The Morgan fingerprint density at radius 1 is 0.957 bits per heavy atom. The van der Waals surface area contributed by atoms with E-state index in [4.69, 9.17) is 9.15 Å². The first kappa shape index (κ1) is 14.8. The largest absolute Gasteiger partial charge is 0.465 e. The quantitative estimate of drug-likeness (QED) is 0.535. The maximum atomic E-state index is 11.7. The van der Waals surface area contributed by atoms with Crippen LogP contribution in [0.25, 0.3) is 22.5 Å². The summed E-state index contributed by atoms with van der Waals surface area (Å²) in [4.78, 5) is 22.4. The van der Waals surface area contributed by atoms with Crippen LogP contribution in [0.4, 0.5) is 0 Å². The molecule has 3 aromatic rings. The van der Waals surface area contributed by atoms with E-state index in [1.165, 1.54) is 7.11 Å². The molecule has 4 heteroatoms. The van der Waals surface area contributed by atoms with Gasteiger partial charge in [0.2, 0.25) is 0 Å². The molecule has 0 saturated heterocycles. The molecule has 0 bridgehead atoms. The van der Waals surface area contributed by atoms with Gasteiger partial charge in [0.1, 0.15) is 5.76 Å². The van der Waals surface area contributed by atoms with E-state index in [2.05, 4.69) is 0 Å². The molecule has 0 aliphatic carbocycles. The van der Waals surface area contributed by atoms with Gasteiger partial charge >= 0.3 is 5.97 Å². The van der Waals surface area contributed by atoms with Crippen molar-refractivity contribution in [2.24, 2.45) is 0 Å². The number of aldehydes is 1. The molecule has 0 radical (unpaired) electrons. The molecule has 4 nitrogen and oxygen atoms in total. The average molecular weight is 306 g/mol. The van der Waals surface area contributed by atoms with Crippen LogP contribution in [0.3, 0.4) is 0 Å². The SMILES string of the molecule is COC(=O)c1cccc(-c2cccc(-c3ccc(C=O)o3)c2)c1. The monoisotopic (exact) mass is 306 g/mol. The van der Waals surface area contributed by atoms with Crippen molar-refractivity contribution in [2.75, 3.05) is 7.11 Å². The highest BCUT2D eigenvalue weighted by Crippen LogP contribution is 2.28. The Bertz CT molecular complexity index is 861. The van der Waals surface area contributed by atoms with Gasteiger partial charge in [-0.15, -0.1) is 0 Å². The lowest BCUT2D eigenvalue weighted by atomic mass is 10.0. The van der Waals surface area contributed by atoms with Crippen LogP contribution in [-0.4, -0.2) is 19.4 Å². The average Bonchev–Trinajstić information content (AvgIpc) is 3.10. The van der Waals surface area contributed by atoms with Crippen LogP contribution in [0.5, 0.6) is 0 Å². The highest BCUT2D eigenvalue weighted by molar-refractivity contribution is 5.91. The zero-order valence-corrected chi connectivity index (χ0v) is 12.5. The van der Waals surface area contributed by atoms with Crippen molar-refractivity contribution < 1.29 is 18.7 Å². The Morgan fingerprint density at radius 2 is 1.65 bits per heavy atom. The highest BCUT2D eigenvalue weighted by Gasteiger charge is 2.09. The first-order chi connectivity index (χ1) is 11.2. The van der Waals surface area contributed by atoms with E-state index in [0.717, 1.165) is 16.7 Å². The number of carbonyl (C=O) groups excluding carboxylic acids is 2. The summed E-state index contributed by atoms with van der Waals surface area (Å²) >= 11 is 0. The van der Waals surface area contributed by atoms with Gasteiger partial charge < -0.3 is 9.15 Å². The normalized spacial score (nSPS) is 10.3. The Hall–Kier alpha value is -3.14. The Balaban J connectivity index is 1.99. The van der Waals surface area contributed by atoms with Crippen molar-refractivity contribution in [1.82, 2.24) is 0 Å². The molecule has 0 aliphatic heterocycles. The molecule has 0 fully saturated rings. The topological polar surface area (TPSA) is 56.5 Å². The number of hydrogen-bond donors (Lipinski definition) is 0. The first-order valence-electron chi connectivity index (χ1n) is 7.05. The molecule has 2 aromatic carbocycles. The molecule has 0 N–H and O–H groups in total. The fourth-order valence-corrected chi connectivity index (χ4v) is 2.37. The minimum Gasteiger partial charge on any atom is -0.465 e. The van der Waals surface area contributed by atoms with E-state index in [1.807, 2.05) is 36.4 Å². The maximum Gasteiger partial charge on any atom is 0.337 e. The smallest absolute Gasteiger partial charge is 0.337 e. The number of hydrogen-bond acceptors (Lipinski definition) is 4. The maximum absolute atomic E-state index is 11.7. The molecule has 0 saturated carbocycles. The number of benzene rings is 2. The van der Waals surface area contributed by atoms with Gasteiger partial charge in [-0.25, -0.2) is 4.79 Å². The second-order valence-corrected chi connectivity index (χ2v) is 4.97. The molecular formula is C19H14O4. The summed E-state index contributed by atoms with van der Waals surface area (Å²) in [6, 6.07) is 18.3. The molecule has 0 amide bonds. The lowest BCUT2D eigenvalue weighted by molar-refractivity contribution is 0.0600. The molecule has 23 heavy (non-hydrogen) atoms. The second-order valence-electron chi connectivity index (χ2n) is 4.97. The molecule has 1 heterocycles. The zero-order valence-electron chi connectivity index (χ0n) is 12.5. The van der Waals surface area contributed by atoms with Gasteiger partial charge in [0.15, 0.2) is 12.0 Å². The summed E-state index contributed by atoms with van der Waals surface area (Å²) in [6.07, 6.45) is 0.674. The number of rotatable bonds is 4. The van der Waals surface area contributed by atoms with Crippen LogP contribution in [-0.2, 0) is 4.74 Å². The van der Waals surface area contributed by atoms with Gasteiger partial charge in [0.05, 0.1) is 12.7 Å². The fourth-order valence-electron chi connectivity index (χ4n) is 2.37. The third-order valence-electron chi connectivity index (χ3n) is 3.51. The van der Waals surface area contributed by atoms with E-state index in [-0.39, 0.29) is 11.7 Å². The van der Waals surface area contributed by atoms with Gasteiger partial charge in [-0.2, -0.15) is 0 Å². The van der Waals surface area contributed by atoms with E-state index >= 15 is 0 Å². The summed E-state index contributed by atoms with van der Waals surface area (Å²) in [7, 11) is 1.36. The van der Waals surface area contributed by atoms with Crippen molar-refractivity contribution in [3.63, 3.8) is 0 Å². The summed E-state index contributed by atoms with van der Waals surface area (Å²) in [5.41, 5.74) is 3.20. The lowest BCUT2D eigenvalue weighted by Crippen LogP contribution is -2.00. The molecule has 114 valence electrons. The molecule has 0 unspecified atom stereocenters. The van der Waals surface area contributed by atoms with Crippen LogP contribution in [0, 0.1) is 0 Å². The van der Waals surface area contributed by atoms with E-state index in [9.17, 15) is 9.59 Å². The van der Waals surface area contributed by atoms with Crippen molar-refractivity contribution in [3.8, 4) is 22.5 Å². The summed E-state index contributed by atoms with van der Waals surface area (Å²) in [6.45, 7) is 0. The molecule has 1 aromatic heterocycles.